The number of ketones is 1. The van der Waals surface area contributed by atoms with Crippen LogP contribution in [0.25, 0.3) is 6.08 Å². The lowest BCUT2D eigenvalue weighted by atomic mass is 10.0. The van der Waals surface area contributed by atoms with E-state index < -0.39 is 0 Å². The van der Waals surface area contributed by atoms with Gasteiger partial charge in [0.15, 0.2) is 24.1 Å². The highest BCUT2D eigenvalue weighted by atomic mass is 35.5. The predicted molar refractivity (Wildman–Crippen MR) is 136 cm³/mol. The topological polar surface area (TPSA) is 81.7 Å². The van der Waals surface area contributed by atoms with Gasteiger partial charge in [-0.3, -0.25) is 4.79 Å². The zero-order valence-electron chi connectivity index (χ0n) is 20.8. The Labute approximate surface area is 219 Å². The fourth-order valence-corrected chi connectivity index (χ4v) is 4.73. The predicted octanol–water partition coefficient (Wildman–Crippen LogP) is 5.74. The lowest BCUT2D eigenvalue weighted by molar-refractivity contribution is -0.0175. The minimum Gasteiger partial charge on any atom is -0.493 e. The average molecular weight is 525 g/mol. The van der Waals surface area contributed by atoms with E-state index in [2.05, 4.69) is 0 Å². The minimum absolute atomic E-state index is 0.165. The van der Waals surface area contributed by atoms with Gasteiger partial charge in [-0.2, -0.15) is 0 Å². The molecule has 0 unspecified atom stereocenters. The van der Waals surface area contributed by atoms with Gasteiger partial charge >= 0.3 is 0 Å². The molecule has 0 amide bonds. The Morgan fingerprint density at radius 3 is 2.59 bits per heavy atom. The van der Waals surface area contributed by atoms with Crippen LogP contribution in [0, 0.1) is 6.92 Å². The molecule has 37 heavy (non-hydrogen) atoms. The number of benzene rings is 3. The monoisotopic (exact) mass is 524 g/mol. The summed E-state index contributed by atoms with van der Waals surface area (Å²) in [4.78, 5) is 13.2. The second kappa shape index (κ2) is 10.2. The zero-order chi connectivity index (χ0) is 26.1. The van der Waals surface area contributed by atoms with Gasteiger partial charge in [0.25, 0.3) is 0 Å². The van der Waals surface area contributed by atoms with E-state index in [4.69, 9.17) is 44.8 Å². The largest absolute Gasteiger partial charge is 0.493 e. The quantitative estimate of drug-likeness (QED) is 0.362. The van der Waals surface area contributed by atoms with Crippen molar-refractivity contribution in [3.05, 3.63) is 75.0 Å². The highest BCUT2D eigenvalue weighted by molar-refractivity contribution is 6.30. The number of aryl methyl sites for hydroxylation is 1. The number of carbonyl (C=O) groups excluding carboxylic acids is 1. The van der Waals surface area contributed by atoms with Crippen LogP contribution in [0.5, 0.6) is 34.5 Å². The van der Waals surface area contributed by atoms with Gasteiger partial charge in [-0.15, -0.1) is 0 Å². The average Bonchev–Trinajstić information content (AvgIpc) is 3.21. The molecule has 192 valence electrons. The highest BCUT2D eigenvalue weighted by Gasteiger charge is 2.31. The number of ether oxygens (including phenoxy) is 7. The van der Waals surface area contributed by atoms with E-state index in [0.29, 0.717) is 57.3 Å². The molecule has 2 aliphatic rings. The van der Waals surface area contributed by atoms with E-state index in [1.54, 1.807) is 37.5 Å². The van der Waals surface area contributed by atoms with E-state index in [-0.39, 0.29) is 24.9 Å². The third-order valence-electron chi connectivity index (χ3n) is 6.11. The van der Waals surface area contributed by atoms with Crippen molar-refractivity contribution in [1.29, 1.82) is 0 Å². The molecule has 0 aliphatic carbocycles. The summed E-state index contributed by atoms with van der Waals surface area (Å²) in [5.41, 5.74) is 3.51. The van der Waals surface area contributed by atoms with Crippen LogP contribution in [0.1, 0.15) is 32.6 Å². The standard InChI is InChI=1S/C28H25ClO8/c1-15-7-20(35-13-18-9-19(29)8-17-12-34-14-36-26(17)18)11-22-24(15)25(30)23(37-22)10-16-5-6-21(31-2)28(33-4)27(16)32-3/h5-11H,12-14H2,1-4H3/b23-10-. The lowest BCUT2D eigenvalue weighted by Gasteiger charge is -2.21. The van der Waals surface area contributed by atoms with Gasteiger partial charge in [0, 0.05) is 27.8 Å². The molecule has 5 rings (SSSR count). The third-order valence-corrected chi connectivity index (χ3v) is 6.33. The Hall–Kier alpha value is -3.88. The van der Waals surface area contributed by atoms with Crippen LogP contribution in [0.4, 0.5) is 0 Å². The lowest BCUT2D eigenvalue weighted by Crippen LogP contribution is -2.14. The van der Waals surface area contributed by atoms with Gasteiger partial charge in [-0.1, -0.05) is 11.6 Å². The van der Waals surface area contributed by atoms with E-state index in [1.165, 1.54) is 14.2 Å². The molecule has 0 fully saturated rings. The number of hydrogen-bond donors (Lipinski definition) is 0. The van der Waals surface area contributed by atoms with Crippen molar-refractivity contribution in [2.24, 2.45) is 0 Å². The number of fused-ring (bicyclic) bond motifs is 2. The Kier molecular flexibility index (Phi) is 6.86. The van der Waals surface area contributed by atoms with Crippen LogP contribution < -0.4 is 28.4 Å². The Morgan fingerprint density at radius 2 is 1.84 bits per heavy atom. The molecule has 0 aromatic heterocycles. The molecular formula is C28H25ClO8. The van der Waals surface area contributed by atoms with Crippen molar-refractivity contribution in [1.82, 2.24) is 0 Å². The minimum atomic E-state index is -0.229. The summed E-state index contributed by atoms with van der Waals surface area (Å²) in [5.74, 6) is 2.99. The van der Waals surface area contributed by atoms with Crippen LogP contribution >= 0.6 is 11.6 Å². The fourth-order valence-electron chi connectivity index (χ4n) is 4.47. The summed E-state index contributed by atoms with van der Waals surface area (Å²) in [6.45, 7) is 2.67. The molecule has 0 radical (unpaired) electrons. The van der Waals surface area contributed by atoms with Crippen molar-refractivity contribution < 1.29 is 38.0 Å². The van der Waals surface area contributed by atoms with E-state index in [9.17, 15) is 4.79 Å². The van der Waals surface area contributed by atoms with Crippen LogP contribution in [-0.2, 0) is 18.0 Å². The zero-order valence-corrected chi connectivity index (χ0v) is 21.6. The third kappa shape index (κ3) is 4.65. The van der Waals surface area contributed by atoms with Crippen LogP contribution in [0.15, 0.2) is 42.2 Å². The summed E-state index contributed by atoms with van der Waals surface area (Å²) in [6, 6.07) is 10.6. The molecule has 3 aromatic rings. The maximum atomic E-state index is 13.2. The van der Waals surface area contributed by atoms with Crippen LogP contribution in [0.2, 0.25) is 5.02 Å². The number of hydrogen-bond acceptors (Lipinski definition) is 8. The van der Waals surface area contributed by atoms with Crippen molar-refractivity contribution in [2.75, 3.05) is 28.1 Å². The first-order chi connectivity index (χ1) is 17.9. The van der Waals surface area contributed by atoms with E-state index >= 15 is 0 Å². The second-order valence-electron chi connectivity index (χ2n) is 8.43. The molecule has 0 spiro atoms. The smallest absolute Gasteiger partial charge is 0.232 e. The number of carbonyl (C=O) groups is 1. The van der Waals surface area contributed by atoms with Gasteiger partial charge in [0.1, 0.15) is 23.9 Å². The van der Waals surface area contributed by atoms with Crippen molar-refractivity contribution in [3.63, 3.8) is 0 Å². The first-order valence-electron chi connectivity index (χ1n) is 11.5. The van der Waals surface area contributed by atoms with Gasteiger partial charge in [0.05, 0.1) is 33.5 Å². The Balaban J connectivity index is 1.41. The molecular weight excluding hydrogens is 500 g/mol. The molecule has 8 nitrogen and oxygen atoms in total. The van der Waals surface area contributed by atoms with Crippen LogP contribution in [-0.4, -0.2) is 33.9 Å². The summed E-state index contributed by atoms with van der Waals surface area (Å²) < 4.78 is 39.4. The molecule has 9 heteroatoms. The van der Waals surface area contributed by atoms with Gasteiger partial charge in [0.2, 0.25) is 11.5 Å². The molecule has 0 saturated heterocycles. The molecule has 0 atom stereocenters. The molecule has 0 bridgehead atoms. The molecule has 0 saturated carbocycles. The molecule has 2 heterocycles. The first kappa shape index (κ1) is 24.8. The number of Topliss-reactive ketones (excluding diaryl/α,β-unsaturated/α-hetero) is 1. The van der Waals surface area contributed by atoms with Gasteiger partial charge in [-0.25, -0.2) is 0 Å². The number of rotatable bonds is 7. The maximum absolute atomic E-state index is 13.2. The van der Waals surface area contributed by atoms with Gasteiger partial charge < -0.3 is 33.2 Å². The number of methoxy groups -OCH3 is 3. The molecule has 2 aliphatic heterocycles. The van der Waals surface area contributed by atoms with Gasteiger partial charge in [-0.05, 0) is 48.9 Å². The second-order valence-corrected chi connectivity index (χ2v) is 8.87. The maximum Gasteiger partial charge on any atom is 0.232 e. The molecule has 3 aromatic carbocycles. The Morgan fingerprint density at radius 1 is 1.03 bits per heavy atom. The van der Waals surface area contributed by atoms with Crippen molar-refractivity contribution in [3.8, 4) is 34.5 Å². The van der Waals surface area contributed by atoms with Crippen LogP contribution in [0.3, 0.4) is 0 Å². The molecule has 0 N–H and O–H groups in total. The first-order valence-corrected chi connectivity index (χ1v) is 11.8. The van der Waals surface area contributed by atoms with Crippen molar-refractivity contribution >= 4 is 23.5 Å². The summed E-state index contributed by atoms with van der Waals surface area (Å²) in [7, 11) is 4.59. The summed E-state index contributed by atoms with van der Waals surface area (Å²) in [6.07, 6.45) is 1.63. The van der Waals surface area contributed by atoms with Crippen molar-refractivity contribution in [2.45, 2.75) is 20.1 Å². The SMILES string of the molecule is COc1ccc(/C=C2\Oc3cc(OCc4cc(Cl)cc5c4OCOC5)cc(C)c3C2=O)c(OC)c1OC. The normalized spacial score (nSPS) is 14.9. The Bertz CT molecular complexity index is 1410. The summed E-state index contributed by atoms with van der Waals surface area (Å²) in [5, 5.41) is 0.575. The van der Waals surface area contributed by atoms with E-state index in [0.717, 1.165) is 16.7 Å². The van der Waals surface area contributed by atoms with E-state index in [1.807, 2.05) is 19.1 Å². The fraction of sp³-hybridized carbons (Fsp3) is 0.250. The number of halogens is 1. The summed E-state index contributed by atoms with van der Waals surface area (Å²) >= 11 is 6.27. The number of allylic oxidation sites excluding steroid dienone is 1. The highest BCUT2D eigenvalue weighted by Crippen LogP contribution is 2.43.